The number of methoxy groups -OCH3 is 1. The summed E-state index contributed by atoms with van der Waals surface area (Å²) in [6.07, 6.45) is 0. The second kappa shape index (κ2) is 9.62. The summed E-state index contributed by atoms with van der Waals surface area (Å²) in [5, 5.41) is 1.97. The van der Waals surface area contributed by atoms with Gasteiger partial charge in [-0.15, -0.1) is 0 Å². The lowest BCUT2D eigenvalue weighted by molar-refractivity contribution is 0.415. The van der Waals surface area contributed by atoms with E-state index < -0.39 is 0 Å². The summed E-state index contributed by atoms with van der Waals surface area (Å²) in [7, 11) is 1.68. The highest BCUT2D eigenvalue weighted by molar-refractivity contribution is 6.14. The molecule has 0 saturated heterocycles. The van der Waals surface area contributed by atoms with Crippen LogP contribution in [0.4, 0.5) is 0 Å². The Morgan fingerprint density at radius 2 is 1.15 bits per heavy atom. The molecule has 7 rings (SSSR count). The van der Waals surface area contributed by atoms with Gasteiger partial charge in [-0.1, -0.05) is 91.0 Å². The fourth-order valence-corrected chi connectivity index (χ4v) is 5.22. The summed E-state index contributed by atoms with van der Waals surface area (Å²) in [5.41, 5.74) is 9.13. The molecule has 0 N–H and O–H groups in total. The minimum atomic E-state index is 0.811. The second-order valence-corrected chi connectivity index (χ2v) is 9.56. The van der Waals surface area contributed by atoms with Crippen molar-refractivity contribution in [2.75, 3.05) is 7.11 Å². The van der Waals surface area contributed by atoms with E-state index in [4.69, 9.17) is 14.1 Å². The van der Waals surface area contributed by atoms with E-state index in [-0.39, 0.29) is 0 Å². The van der Waals surface area contributed by atoms with Gasteiger partial charge >= 0.3 is 0 Å². The molecule has 3 heteroatoms. The Kier molecular flexibility index (Phi) is 5.68. The van der Waals surface area contributed by atoms with Gasteiger partial charge in [-0.25, -0.2) is 4.98 Å². The SMILES string of the molecule is COc1ccc(-c2nc3c(-c4ccccc4)cc(-c4ccccc4)cc3c3oc(-c4ccccc4)cc23)cc1. The molecule has 5 aromatic carbocycles. The number of benzene rings is 5. The maximum absolute atomic E-state index is 6.69. The Morgan fingerprint density at radius 1 is 0.538 bits per heavy atom. The van der Waals surface area contributed by atoms with Crippen LogP contribution in [0.1, 0.15) is 0 Å². The smallest absolute Gasteiger partial charge is 0.146 e. The summed E-state index contributed by atoms with van der Waals surface area (Å²) < 4.78 is 12.1. The van der Waals surface area contributed by atoms with Crippen molar-refractivity contribution in [3.63, 3.8) is 0 Å². The number of rotatable bonds is 5. The third-order valence-electron chi connectivity index (χ3n) is 7.18. The van der Waals surface area contributed by atoms with Gasteiger partial charge in [0.05, 0.1) is 18.3 Å². The number of nitrogens with zero attached hydrogens (tertiary/aromatic N) is 1. The first kappa shape index (κ1) is 23.0. The maximum atomic E-state index is 6.69. The average molecular weight is 504 g/mol. The molecule has 0 amide bonds. The third kappa shape index (κ3) is 4.14. The Balaban J connectivity index is 1.60. The predicted molar refractivity (Wildman–Crippen MR) is 160 cm³/mol. The van der Waals surface area contributed by atoms with Crippen molar-refractivity contribution in [1.82, 2.24) is 4.98 Å². The van der Waals surface area contributed by atoms with Gasteiger partial charge in [0.1, 0.15) is 17.1 Å². The fourth-order valence-electron chi connectivity index (χ4n) is 5.22. The predicted octanol–water partition coefficient (Wildman–Crippen LogP) is 9.66. The molecule has 0 aliphatic carbocycles. The zero-order valence-corrected chi connectivity index (χ0v) is 21.5. The summed E-state index contributed by atoms with van der Waals surface area (Å²) in [4.78, 5) is 5.35. The molecule has 0 unspecified atom stereocenters. The first-order valence-electron chi connectivity index (χ1n) is 13.0. The molecule has 0 spiro atoms. The number of ether oxygens (including phenoxy) is 1. The van der Waals surface area contributed by atoms with Crippen molar-refractivity contribution < 1.29 is 9.15 Å². The molecule has 2 heterocycles. The number of furan rings is 1. The summed E-state index contributed by atoms with van der Waals surface area (Å²) in [6, 6.07) is 45.8. The van der Waals surface area contributed by atoms with Gasteiger partial charge in [0.15, 0.2) is 0 Å². The van der Waals surface area contributed by atoms with Gasteiger partial charge in [0, 0.05) is 27.5 Å². The van der Waals surface area contributed by atoms with Crippen LogP contribution < -0.4 is 4.74 Å². The van der Waals surface area contributed by atoms with E-state index in [9.17, 15) is 0 Å². The van der Waals surface area contributed by atoms with E-state index in [1.54, 1.807) is 7.11 Å². The zero-order chi connectivity index (χ0) is 26.2. The van der Waals surface area contributed by atoms with E-state index in [1.165, 1.54) is 0 Å². The van der Waals surface area contributed by atoms with E-state index >= 15 is 0 Å². The molecule has 0 radical (unpaired) electrons. The highest BCUT2D eigenvalue weighted by Crippen LogP contribution is 2.42. The number of hydrogen-bond acceptors (Lipinski definition) is 3. The van der Waals surface area contributed by atoms with Gasteiger partial charge < -0.3 is 9.15 Å². The van der Waals surface area contributed by atoms with Gasteiger partial charge in [-0.3, -0.25) is 0 Å². The third-order valence-corrected chi connectivity index (χ3v) is 7.18. The molecule has 0 bridgehead atoms. The van der Waals surface area contributed by atoms with Crippen LogP contribution in [0, 0.1) is 0 Å². The van der Waals surface area contributed by atoms with Crippen LogP contribution in [0.3, 0.4) is 0 Å². The van der Waals surface area contributed by atoms with Crippen LogP contribution in [0.15, 0.2) is 138 Å². The molecule has 7 aromatic rings. The zero-order valence-electron chi connectivity index (χ0n) is 21.5. The summed E-state index contributed by atoms with van der Waals surface area (Å²) in [5.74, 6) is 1.63. The molecule has 186 valence electrons. The van der Waals surface area contributed by atoms with Crippen LogP contribution in [-0.4, -0.2) is 12.1 Å². The van der Waals surface area contributed by atoms with Gasteiger partial charge in [0.2, 0.25) is 0 Å². The molecule has 0 fully saturated rings. The largest absolute Gasteiger partial charge is 0.497 e. The Labute approximate surface area is 227 Å². The highest BCUT2D eigenvalue weighted by Gasteiger charge is 2.20. The van der Waals surface area contributed by atoms with Crippen molar-refractivity contribution in [3.05, 3.63) is 133 Å². The molecular weight excluding hydrogens is 478 g/mol. The summed E-state index contributed by atoms with van der Waals surface area (Å²) >= 11 is 0. The molecule has 0 aliphatic rings. The van der Waals surface area contributed by atoms with E-state index in [0.717, 1.165) is 72.5 Å². The first-order chi connectivity index (χ1) is 19.3. The van der Waals surface area contributed by atoms with Gasteiger partial charge in [-0.2, -0.15) is 0 Å². The topological polar surface area (TPSA) is 35.3 Å². The minimum absolute atomic E-state index is 0.811. The molecule has 0 atom stereocenters. The van der Waals surface area contributed by atoms with Crippen molar-refractivity contribution in [2.24, 2.45) is 0 Å². The summed E-state index contributed by atoms with van der Waals surface area (Å²) in [6.45, 7) is 0. The standard InChI is InChI=1S/C36H25NO2/c1-38-29-19-17-27(18-20-29)34-32-23-33(26-15-9-4-10-16-26)39-36(32)31-22-28(24-11-5-2-6-12-24)21-30(35(31)37-34)25-13-7-3-8-14-25/h2-23H,1H3. The normalized spacial score (nSPS) is 11.2. The molecule has 2 aromatic heterocycles. The number of pyridine rings is 1. The Hall–Kier alpha value is -5.15. The lowest BCUT2D eigenvalue weighted by Gasteiger charge is -2.13. The lowest BCUT2D eigenvalue weighted by atomic mass is 9.94. The average Bonchev–Trinajstić information content (AvgIpc) is 3.48. The lowest BCUT2D eigenvalue weighted by Crippen LogP contribution is -1.92. The number of fused-ring (bicyclic) bond motifs is 3. The van der Waals surface area contributed by atoms with Crippen molar-refractivity contribution in [1.29, 1.82) is 0 Å². The van der Waals surface area contributed by atoms with E-state index in [1.807, 2.05) is 42.5 Å². The first-order valence-corrected chi connectivity index (χ1v) is 13.0. The quantitative estimate of drug-likeness (QED) is 0.234. The maximum Gasteiger partial charge on any atom is 0.146 e. The van der Waals surface area contributed by atoms with Crippen molar-refractivity contribution in [3.8, 4) is 50.6 Å². The minimum Gasteiger partial charge on any atom is -0.497 e. The van der Waals surface area contributed by atoms with Crippen LogP contribution >= 0.6 is 0 Å². The van der Waals surface area contributed by atoms with E-state index in [2.05, 4.69) is 91.0 Å². The molecule has 39 heavy (non-hydrogen) atoms. The van der Waals surface area contributed by atoms with Crippen molar-refractivity contribution >= 4 is 21.9 Å². The molecule has 3 nitrogen and oxygen atoms in total. The van der Waals surface area contributed by atoms with Gasteiger partial charge in [0.25, 0.3) is 0 Å². The number of hydrogen-bond donors (Lipinski definition) is 0. The van der Waals surface area contributed by atoms with Crippen LogP contribution in [0.2, 0.25) is 0 Å². The van der Waals surface area contributed by atoms with Crippen LogP contribution in [0.25, 0.3) is 66.7 Å². The Morgan fingerprint density at radius 3 is 1.79 bits per heavy atom. The van der Waals surface area contributed by atoms with Gasteiger partial charge in [-0.05, 0) is 59.2 Å². The van der Waals surface area contributed by atoms with Crippen LogP contribution in [0.5, 0.6) is 5.75 Å². The highest BCUT2D eigenvalue weighted by atomic mass is 16.5. The fraction of sp³-hybridized carbons (Fsp3) is 0.0278. The van der Waals surface area contributed by atoms with E-state index in [0.29, 0.717) is 0 Å². The Bertz CT molecular complexity index is 1910. The molecular formula is C36H25NO2. The van der Waals surface area contributed by atoms with Crippen molar-refractivity contribution in [2.45, 2.75) is 0 Å². The monoisotopic (exact) mass is 503 g/mol. The molecule has 0 aliphatic heterocycles. The molecule has 0 saturated carbocycles. The second-order valence-electron chi connectivity index (χ2n) is 9.56. The number of aromatic nitrogens is 1. The van der Waals surface area contributed by atoms with Crippen LogP contribution in [-0.2, 0) is 0 Å².